The number of benzene rings is 2. The van der Waals surface area contributed by atoms with Crippen LogP contribution in [0.25, 0.3) is 0 Å². The number of nitrogens with one attached hydrogen (secondary N) is 1. The Morgan fingerprint density at radius 3 is 2.24 bits per heavy atom. The van der Waals surface area contributed by atoms with Gasteiger partial charge >= 0.3 is 6.09 Å². The van der Waals surface area contributed by atoms with Crippen LogP contribution >= 0.6 is 0 Å². The Hall–Kier alpha value is -3.17. The number of ether oxygens (including phenoxy) is 1. The van der Waals surface area contributed by atoms with Crippen molar-refractivity contribution in [2.24, 2.45) is 5.92 Å². The van der Waals surface area contributed by atoms with E-state index in [1.165, 1.54) is 24.3 Å². The lowest BCUT2D eigenvalue weighted by molar-refractivity contribution is -0.384. The average molecular weight is 474 g/mol. The van der Waals surface area contributed by atoms with Crippen molar-refractivity contribution in [1.29, 1.82) is 0 Å². The van der Waals surface area contributed by atoms with Crippen LogP contribution < -0.4 is 10.2 Å². The zero-order valence-electron chi connectivity index (χ0n) is 20.4. The molecule has 0 spiro atoms. The molecule has 0 heterocycles. The SMILES string of the molecule is CC(C)CN(CC(O)C(Cc1ccccc1)NC(=O)OC(C)(C)C)Oc1ccc([N+](=O)[O-])cc1. The fourth-order valence-electron chi connectivity index (χ4n) is 3.28. The smallest absolute Gasteiger partial charge is 0.407 e. The molecule has 0 radical (unpaired) electrons. The van der Waals surface area contributed by atoms with Gasteiger partial charge in [0.05, 0.1) is 23.6 Å². The first-order chi connectivity index (χ1) is 15.9. The Kier molecular flexibility index (Phi) is 9.83. The van der Waals surface area contributed by atoms with Crippen molar-refractivity contribution in [3.05, 3.63) is 70.3 Å². The van der Waals surface area contributed by atoms with Crippen LogP contribution in [0, 0.1) is 16.0 Å². The van der Waals surface area contributed by atoms with Gasteiger partial charge in [0.25, 0.3) is 5.69 Å². The first-order valence-corrected chi connectivity index (χ1v) is 11.3. The van der Waals surface area contributed by atoms with Crippen LogP contribution in [-0.4, -0.2) is 52.0 Å². The number of carbonyl (C=O) groups excluding carboxylic acids is 1. The van der Waals surface area contributed by atoms with Gasteiger partial charge in [0.1, 0.15) is 11.4 Å². The Morgan fingerprint density at radius 2 is 1.71 bits per heavy atom. The summed E-state index contributed by atoms with van der Waals surface area (Å²) < 4.78 is 5.39. The molecule has 0 aromatic heterocycles. The molecule has 34 heavy (non-hydrogen) atoms. The largest absolute Gasteiger partial charge is 0.444 e. The minimum atomic E-state index is -0.982. The first-order valence-electron chi connectivity index (χ1n) is 11.3. The molecule has 2 atom stereocenters. The van der Waals surface area contributed by atoms with Gasteiger partial charge in [-0.3, -0.25) is 10.1 Å². The highest BCUT2D eigenvalue weighted by molar-refractivity contribution is 5.68. The molecule has 2 aromatic rings. The fourth-order valence-corrected chi connectivity index (χ4v) is 3.28. The van der Waals surface area contributed by atoms with Crippen LogP contribution in [0.5, 0.6) is 5.75 Å². The minimum Gasteiger partial charge on any atom is -0.444 e. The van der Waals surface area contributed by atoms with Crippen LogP contribution in [0.1, 0.15) is 40.2 Å². The molecule has 2 unspecified atom stereocenters. The number of aliphatic hydroxyl groups excluding tert-OH is 1. The molecule has 0 bridgehead atoms. The summed E-state index contributed by atoms with van der Waals surface area (Å²) in [5, 5.41) is 26.4. The van der Waals surface area contributed by atoms with Gasteiger partial charge in [-0.15, -0.1) is 5.06 Å². The lowest BCUT2D eigenvalue weighted by Gasteiger charge is -2.31. The molecule has 0 aliphatic heterocycles. The molecule has 0 saturated carbocycles. The summed E-state index contributed by atoms with van der Waals surface area (Å²) in [5.74, 6) is 0.634. The lowest BCUT2D eigenvalue weighted by atomic mass is 10.0. The standard InChI is InChI=1S/C25H35N3O6/c1-18(2)16-27(34-21-13-11-20(12-14-21)28(31)32)17-23(29)22(15-19-9-7-6-8-10-19)26-24(30)33-25(3,4)5/h6-14,18,22-23,29H,15-17H2,1-5H3,(H,26,30). The number of hydrogen-bond donors (Lipinski definition) is 2. The maximum absolute atomic E-state index is 12.5. The summed E-state index contributed by atoms with van der Waals surface area (Å²) in [6.07, 6.45) is -1.20. The molecule has 0 fully saturated rings. The Bertz CT molecular complexity index is 912. The second-order valence-corrected chi connectivity index (χ2v) is 9.59. The van der Waals surface area contributed by atoms with Crippen molar-refractivity contribution in [3.63, 3.8) is 0 Å². The van der Waals surface area contributed by atoms with Gasteiger partial charge in [0.2, 0.25) is 0 Å². The van der Waals surface area contributed by atoms with Gasteiger partial charge in [-0.05, 0) is 50.8 Å². The minimum absolute atomic E-state index is 0.0349. The summed E-state index contributed by atoms with van der Waals surface area (Å²) in [5.41, 5.74) is 0.247. The van der Waals surface area contributed by atoms with E-state index >= 15 is 0 Å². The van der Waals surface area contributed by atoms with Gasteiger partial charge < -0.3 is 20.0 Å². The average Bonchev–Trinajstić information content (AvgIpc) is 2.72. The number of nitro groups is 1. The van der Waals surface area contributed by atoms with Crippen molar-refractivity contribution in [2.45, 2.75) is 58.8 Å². The quantitative estimate of drug-likeness (QED) is 0.368. The third-order valence-electron chi connectivity index (χ3n) is 4.71. The van der Waals surface area contributed by atoms with E-state index in [4.69, 9.17) is 9.57 Å². The number of carbonyl (C=O) groups is 1. The van der Waals surface area contributed by atoms with Gasteiger partial charge in [0.15, 0.2) is 0 Å². The van der Waals surface area contributed by atoms with Gasteiger partial charge in [0, 0.05) is 18.7 Å². The van der Waals surface area contributed by atoms with Crippen molar-refractivity contribution < 1.29 is 24.4 Å². The summed E-state index contributed by atoms with van der Waals surface area (Å²) >= 11 is 0. The van der Waals surface area contributed by atoms with Gasteiger partial charge in [-0.2, -0.15) is 0 Å². The van der Waals surface area contributed by atoms with Crippen LogP contribution in [0.3, 0.4) is 0 Å². The molecule has 0 saturated heterocycles. The molecular formula is C25H35N3O6. The number of amides is 1. The first kappa shape index (κ1) is 27.1. The number of non-ortho nitro benzene ring substituents is 1. The zero-order chi connectivity index (χ0) is 25.3. The normalized spacial score (nSPS) is 13.4. The van der Waals surface area contributed by atoms with E-state index in [1.54, 1.807) is 25.8 Å². The number of nitro benzene ring substituents is 1. The molecule has 9 nitrogen and oxygen atoms in total. The highest BCUT2D eigenvalue weighted by Gasteiger charge is 2.27. The number of hydroxylamine groups is 2. The van der Waals surface area contributed by atoms with E-state index in [1.807, 2.05) is 44.2 Å². The number of aliphatic hydroxyl groups is 1. The van der Waals surface area contributed by atoms with E-state index in [0.29, 0.717) is 18.7 Å². The van der Waals surface area contributed by atoms with Crippen molar-refractivity contribution in [1.82, 2.24) is 10.4 Å². The molecule has 1 amide bonds. The molecule has 9 heteroatoms. The predicted molar refractivity (Wildman–Crippen MR) is 129 cm³/mol. The summed E-state index contributed by atoms with van der Waals surface area (Å²) in [7, 11) is 0. The van der Waals surface area contributed by atoms with E-state index in [-0.39, 0.29) is 18.2 Å². The second kappa shape index (κ2) is 12.3. The number of hydrogen-bond acceptors (Lipinski definition) is 7. The van der Waals surface area contributed by atoms with Gasteiger partial charge in [-0.25, -0.2) is 4.79 Å². The highest BCUT2D eigenvalue weighted by Crippen LogP contribution is 2.19. The summed E-state index contributed by atoms with van der Waals surface area (Å²) in [4.78, 5) is 28.8. The number of nitrogens with zero attached hydrogens (tertiary/aromatic N) is 2. The number of rotatable bonds is 11. The molecular weight excluding hydrogens is 438 g/mol. The van der Waals surface area contributed by atoms with Crippen LogP contribution in [0.2, 0.25) is 0 Å². The van der Waals surface area contributed by atoms with E-state index in [0.717, 1.165) is 5.56 Å². The monoisotopic (exact) mass is 473 g/mol. The van der Waals surface area contributed by atoms with Crippen LogP contribution in [-0.2, 0) is 11.2 Å². The molecule has 2 rings (SSSR count). The van der Waals surface area contributed by atoms with Crippen molar-refractivity contribution >= 4 is 11.8 Å². The number of alkyl carbamates (subject to hydrolysis) is 1. The molecule has 2 aromatic carbocycles. The van der Waals surface area contributed by atoms with Crippen LogP contribution in [0.4, 0.5) is 10.5 Å². The maximum atomic E-state index is 12.5. The maximum Gasteiger partial charge on any atom is 0.407 e. The molecule has 0 aliphatic carbocycles. The Labute approximate surface area is 200 Å². The zero-order valence-corrected chi connectivity index (χ0v) is 20.4. The molecule has 186 valence electrons. The third-order valence-corrected chi connectivity index (χ3v) is 4.71. The third kappa shape index (κ3) is 9.76. The Morgan fingerprint density at radius 1 is 1.09 bits per heavy atom. The van der Waals surface area contributed by atoms with Crippen molar-refractivity contribution in [3.8, 4) is 5.75 Å². The fraction of sp³-hybridized carbons (Fsp3) is 0.480. The van der Waals surface area contributed by atoms with E-state index in [2.05, 4.69) is 5.32 Å². The van der Waals surface area contributed by atoms with E-state index < -0.39 is 28.8 Å². The topological polar surface area (TPSA) is 114 Å². The molecule has 0 aliphatic rings. The Balaban J connectivity index is 2.16. The highest BCUT2D eigenvalue weighted by atomic mass is 16.7. The lowest BCUT2D eigenvalue weighted by Crippen LogP contribution is -2.51. The predicted octanol–water partition coefficient (Wildman–Crippen LogP) is 4.34. The summed E-state index contributed by atoms with van der Waals surface area (Å²) in [6.45, 7) is 9.95. The summed E-state index contributed by atoms with van der Waals surface area (Å²) in [6, 6.07) is 14.7. The molecule has 2 N–H and O–H groups in total. The van der Waals surface area contributed by atoms with Gasteiger partial charge in [-0.1, -0.05) is 44.2 Å². The van der Waals surface area contributed by atoms with Crippen LogP contribution in [0.15, 0.2) is 54.6 Å². The van der Waals surface area contributed by atoms with Crippen molar-refractivity contribution in [2.75, 3.05) is 13.1 Å². The van der Waals surface area contributed by atoms with E-state index in [9.17, 15) is 20.0 Å². The second-order valence-electron chi connectivity index (χ2n) is 9.59.